The molecule has 0 aromatic carbocycles. The van der Waals surface area contributed by atoms with Crippen molar-refractivity contribution in [2.75, 3.05) is 20.1 Å². The molecule has 7 nitrogen and oxygen atoms in total. The maximum atomic E-state index is 12.5. The Labute approximate surface area is 125 Å². The maximum absolute atomic E-state index is 12.5. The van der Waals surface area contributed by atoms with Crippen LogP contribution in [0.4, 0.5) is 0 Å². The Hall–Kier alpha value is -1.16. The zero-order valence-corrected chi connectivity index (χ0v) is 13.2. The molecule has 20 heavy (non-hydrogen) atoms. The number of aromatic nitrogens is 2. The number of amides is 1. The first-order chi connectivity index (χ1) is 9.37. The Bertz CT molecular complexity index is 737. The average Bonchev–Trinajstić information content (AvgIpc) is 2.87. The molecule has 2 aromatic rings. The van der Waals surface area contributed by atoms with E-state index >= 15 is 0 Å². The van der Waals surface area contributed by atoms with Crippen molar-refractivity contribution in [1.82, 2.24) is 19.0 Å². The average molecular weight is 337 g/mol. The van der Waals surface area contributed by atoms with Gasteiger partial charge in [0.05, 0.1) is 6.54 Å². The van der Waals surface area contributed by atoms with E-state index in [2.05, 4.69) is 10.3 Å². The summed E-state index contributed by atoms with van der Waals surface area (Å²) in [5.41, 5.74) is 0. The number of hydrogen-bond donors (Lipinski definition) is 1. The van der Waals surface area contributed by atoms with Crippen LogP contribution >= 0.6 is 22.9 Å². The van der Waals surface area contributed by atoms with Gasteiger partial charge in [0.15, 0.2) is 15.1 Å². The number of nitrogens with one attached hydrogen (secondary N) is 1. The van der Waals surface area contributed by atoms with Crippen LogP contribution in [-0.2, 0) is 14.8 Å². The molecular formula is C10H13ClN4O3S2. The Balaban J connectivity index is 2.37. The van der Waals surface area contributed by atoms with Gasteiger partial charge >= 0.3 is 0 Å². The molecule has 1 N–H and O–H groups in total. The van der Waals surface area contributed by atoms with E-state index in [1.54, 1.807) is 18.5 Å². The summed E-state index contributed by atoms with van der Waals surface area (Å²) < 4.78 is 27.3. The fourth-order valence-corrected chi connectivity index (χ4v) is 4.18. The van der Waals surface area contributed by atoms with E-state index in [-0.39, 0.29) is 22.6 Å². The number of carbonyl (C=O) groups is 1. The molecule has 0 bridgehead atoms. The standard InChI is InChI=1S/C10H13ClN4O3S2/c1-3-12-7(16)6-14(2)20(17,18)9-8(11)13-10-15(9)4-5-19-10/h4-5H,3,6H2,1-2H3,(H,12,16). The van der Waals surface area contributed by atoms with Crippen molar-refractivity contribution in [3.63, 3.8) is 0 Å². The minimum Gasteiger partial charge on any atom is -0.355 e. The molecule has 0 saturated heterocycles. The second-order valence-corrected chi connectivity index (χ2v) is 7.17. The topological polar surface area (TPSA) is 83.8 Å². The molecule has 0 fully saturated rings. The van der Waals surface area contributed by atoms with Crippen molar-refractivity contribution < 1.29 is 13.2 Å². The van der Waals surface area contributed by atoms with Crippen LogP contribution in [-0.4, -0.2) is 48.2 Å². The SMILES string of the molecule is CCNC(=O)CN(C)S(=O)(=O)c1c(Cl)nc2sccn12. The van der Waals surface area contributed by atoms with Gasteiger partial charge in [-0.1, -0.05) is 11.6 Å². The number of thiazole rings is 1. The summed E-state index contributed by atoms with van der Waals surface area (Å²) in [6.07, 6.45) is 1.58. The molecule has 0 radical (unpaired) electrons. The predicted molar refractivity (Wildman–Crippen MR) is 76.6 cm³/mol. The highest BCUT2D eigenvalue weighted by Crippen LogP contribution is 2.27. The van der Waals surface area contributed by atoms with Gasteiger partial charge in [0, 0.05) is 25.2 Å². The number of carbonyl (C=O) groups excluding carboxylic acids is 1. The molecule has 0 unspecified atom stereocenters. The van der Waals surface area contributed by atoms with Crippen molar-refractivity contribution >= 4 is 43.8 Å². The van der Waals surface area contributed by atoms with E-state index < -0.39 is 10.0 Å². The lowest BCUT2D eigenvalue weighted by Gasteiger charge is -2.16. The van der Waals surface area contributed by atoms with Crippen LogP contribution in [0.1, 0.15) is 6.92 Å². The van der Waals surface area contributed by atoms with Crippen LogP contribution in [0.5, 0.6) is 0 Å². The molecule has 0 spiro atoms. The zero-order valence-electron chi connectivity index (χ0n) is 10.8. The number of nitrogens with zero attached hydrogens (tertiary/aromatic N) is 3. The van der Waals surface area contributed by atoms with Gasteiger partial charge in [-0.25, -0.2) is 13.4 Å². The highest BCUT2D eigenvalue weighted by Gasteiger charge is 2.30. The van der Waals surface area contributed by atoms with E-state index in [0.29, 0.717) is 11.5 Å². The number of hydrogen-bond acceptors (Lipinski definition) is 5. The third-order valence-electron chi connectivity index (χ3n) is 2.57. The number of imidazole rings is 1. The number of likely N-dealkylation sites (N-methyl/N-ethyl adjacent to an activating group) is 2. The number of halogens is 1. The van der Waals surface area contributed by atoms with E-state index in [1.807, 2.05) is 0 Å². The van der Waals surface area contributed by atoms with Crippen molar-refractivity contribution in [3.8, 4) is 0 Å². The summed E-state index contributed by atoms with van der Waals surface area (Å²) in [4.78, 5) is 16.0. The molecule has 110 valence electrons. The van der Waals surface area contributed by atoms with Crippen LogP contribution in [0.25, 0.3) is 4.96 Å². The van der Waals surface area contributed by atoms with E-state index in [0.717, 1.165) is 4.31 Å². The first-order valence-corrected chi connectivity index (χ1v) is 8.41. The molecule has 0 atom stereocenters. The monoisotopic (exact) mass is 336 g/mol. The molecule has 1 amide bonds. The summed E-state index contributed by atoms with van der Waals surface area (Å²) in [5.74, 6) is -0.374. The molecule has 10 heteroatoms. The zero-order chi connectivity index (χ0) is 14.9. The lowest BCUT2D eigenvalue weighted by atomic mass is 10.5. The molecule has 0 saturated carbocycles. The van der Waals surface area contributed by atoms with E-state index in [9.17, 15) is 13.2 Å². The summed E-state index contributed by atoms with van der Waals surface area (Å²) in [7, 11) is -2.56. The van der Waals surface area contributed by atoms with Crippen molar-refractivity contribution in [3.05, 3.63) is 16.7 Å². The number of sulfonamides is 1. The van der Waals surface area contributed by atoms with Gasteiger partial charge in [0.2, 0.25) is 5.91 Å². The van der Waals surface area contributed by atoms with Gasteiger partial charge < -0.3 is 5.32 Å². The number of fused-ring (bicyclic) bond motifs is 1. The molecular weight excluding hydrogens is 324 g/mol. The Morgan fingerprint density at radius 1 is 1.60 bits per heavy atom. The summed E-state index contributed by atoms with van der Waals surface area (Å²) >= 11 is 7.18. The minimum absolute atomic E-state index is 0.0976. The van der Waals surface area contributed by atoms with Gasteiger partial charge in [-0.2, -0.15) is 4.31 Å². The first-order valence-electron chi connectivity index (χ1n) is 5.72. The maximum Gasteiger partial charge on any atom is 0.262 e. The third-order valence-corrected chi connectivity index (χ3v) is 5.53. The fraction of sp³-hybridized carbons (Fsp3) is 0.400. The summed E-state index contributed by atoms with van der Waals surface area (Å²) in [5, 5.41) is 4.03. The van der Waals surface area contributed by atoms with Gasteiger partial charge in [0.1, 0.15) is 0 Å². The second-order valence-electron chi connectivity index (χ2n) is 3.98. The van der Waals surface area contributed by atoms with Crippen LogP contribution in [0.2, 0.25) is 5.15 Å². The lowest BCUT2D eigenvalue weighted by molar-refractivity contribution is -0.121. The smallest absolute Gasteiger partial charge is 0.262 e. The van der Waals surface area contributed by atoms with Gasteiger partial charge in [0.25, 0.3) is 10.0 Å². The lowest BCUT2D eigenvalue weighted by Crippen LogP contribution is -2.38. The largest absolute Gasteiger partial charge is 0.355 e. The van der Waals surface area contributed by atoms with Crippen LogP contribution in [0.15, 0.2) is 16.6 Å². The Morgan fingerprint density at radius 2 is 2.30 bits per heavy atom. The van der Waals surface area contributed by atoms with E-state index in [1.165, 1.54) is 22.8 Å². The predicted octanol–water partition coefficient (Wildman–Crippen LogP) is 0.806. The fourth-order valence-electron chi connectivity index (χ4n) is 1.66. The van der Waals surface area contributed by atoms with Crippen LogP contribution in [0, 0.1) is 0 Å². The highest BCUT2D eigenvalue weighted by molar-refractivity contribution is 7.89. The summed E-state index contributed by atoms with van der Waals surface area (Å²) in [6, 6.07) is 0. The molecule has 0 aliphatic carbocycles. The molecule has 0 aliphatic heterocycles. The minimum atomic E-state index is -3.89. The first kappa shape index (κ1) is 15.2. The molecule has 2 aromatic heterocycles. The molecule has 2 rings (SSSR count). The summed E-state index contributed by atoms with van der Waals surface area (Å²) in [6.45, 7) is 1.92. The van der Waals surface area contributed by atoms with Crippen molar-refractivity contribution in [1.29, 1.82) is 0 Å². The Morgan fingerprint density at radius 3 is 2.95 bits per heavy atom. The second kappa shape index (κ2) is 5.68. The van der Waals surface area contributed by atoms with Crippen LogP contribution in [0.3, 0.4) is 0 Å². The highest BCUT2D eigenvalue weighted by atomic mass is 35.5. The Kier molecular flexibility index (Phi) is 4.33. The third kappa shape index (κ3) is 2.66. The molecule has 0 aliphatic rings. The quantitative estimate of drug-likeness (QED) is 0.875. The normalized spacial score (nSPS) is 12.2. The van der Waals surface area contributed by atoms with Gasteiger partial charge in [-0.3, -0.25) is 9.20 Å². The van der Waals surface area contributed by atoms with E-state index in [4.69, 9.17) is 11.6 Å². The van der Waals surface area contributed by atoms with Crippen molar-refractivity contribution in [2.45, 2.75) is 11.9 Å². The van der Waals surface area contributed by atoms with Crippen LogP contribution < -0.4 is 5.32 Å². The van der Waals surface area contributed by atoms with Crippen molar-refractivity contribution in [2.24, 2.45) is 0 Å². The molecule has 2 heterocycles. The van der Waals surface area contributed by atoms with Gasteiger partial charge in [-0.15, -0.1) is 11.3 Å². The van der Waals surface area contributed by atoms with Gasteiger partial charge in [-0.05, 0) is 6.92 Å². The number of rotatable bonds is 5.